The van der Waals surface area contributed by atoms with Gasteiger partial charge in [-0.05, 0) is 18.2 Å². The SMILES string of the molecule is NCCc1ccc(-c2ccccc2)cn1. The van der Waals surface area contributed by atoms with Crippen molar-refractivity contribution in [1.82, 2.24) is 4.98 Å². The Balaban J connectivity index is 2.24. The summed E-state index contributed by atoms with van der Waals surface area (Å²) >= 11 is 0. The summed E-state index contributed by atoms with van der Waals surface area (Å²) in [6, 6.07) is 14.4. The lowest BCUT2D eigenvalue weighted by atomic mass is 10.1. The summed E-state index contributed by atoms with van der Waals surface area (Å²) in [7, 11) is 0. The number of hydrogen-bond donors (Lipinski definition) is 1. The molecule has 0 fully saturated rings. The van der Waals surface area contributed by atoms with Crippen LogP contribution < -0.4 is 5.73 Å². The van der Waals surface area contributed by atoms with E-state index in [9.17, 15) is 0 Å². The van der Waals surface area contributed by atoms with Crippen LogP contribution in [-0.2, 0) is 6.42 Å². The zero-order valence-electron chi connectivity index (χ0n) is 8.56. The minimum Gasteiger partial charge on any atom is -0.330 e. The first-order valence-corrected chi connectivity index (χ1v) is 5.10. The van der Waals surface area contributed by atoms with Crippen LogP contribution in [0.3, 0.4) is 0 Å². The molecule has 76 valence electrons. The first-order chi connectivity index (χ1) is 7.40. The summed E-state index contributed by atoms with van der Waals surface area (Å²) < 4.78 is 0. The van der Waals surface area contributed by atoms with Crippen LogP contribution in [0.2, 0.25) is 0 Å². The van der Waals surface area contributed by atoms with Gasteiger partial charge in [-0.25, -0.2) is 0 Å². The molecule has 0 aliphatic heterocycles. The van der Waals surface area contributed by atoms with E-state index in [1.165, 1.54) is 5.56 Å². The molecule has 2 aromatic rings. The highest BCUT2D eigenvalue weighted by atomic mass is 14.7. The quantitative estimate of drug-likeness (QED) is 0.821. The summed E-state index contributed by atoms with van der Waals surface area (Å²) in [6.07, 6.45) is 2.75. The smallest absolute Gasteiger partial charge is 0.0416 e. The number of benzene rings is 1. The molecule has 0 saturated heterocycles. The molecule has 1 aromatic carbocycles. The number of rotatable bonds is 3. The molecule has 0 radical (unpaired) electrons. The highest BCUT2D eigenvalue weighted by molar-refractivity contribution is 5.62. The van der Waals surface area contributed by atoms with Gasteiger partial charge in [0.15, 0.2) is 0 Å². The monoisotopic (exact) mass is 198 g/mol. The van der Waals surface area contributed by atoms with Gasteiger partial charge in [-0.1, -0.05) is 36.4 Å². The van der Waals surface area contributed by atoms with E-state index in [2.05, 4.69) is 23.2 Å². The van der Waals surface area contributed by atoms with Gasteiger partial charge in [0.1, 0.15) is 0 Å². The predicted octanol–water partition coefficient (Wildman–Crippen LogP) is 2.25. The van der Waals surface area contributed by atoms with Crippen LogP contribution in [0.4, 0.5) is 0 Å². The second kappa shape index (κ2) is 4.71. The van der Waals surface area contributed by atoms with Gasteiger partial charge in [-0.15, -0.1) is 0 Å². The third kappa shape index (κ3) is 2.42. The van der Waals surface area contributed by atoms with Crippen molar-refractivity contribution in [1.29, 1.82) is 0 Å². The van der Waals surface area contributed by atoms with E-state index in [-0.39, 0.29) is 0 Å². The maximum Gasteiger partial charge on any atom is 0.0416 e. The molecule has 2 N–H and O–H groups in total. The van der Waals surface area contributed by atoms with E-state index in [0.717, 1.165) is 17.7 Å². The molecule has 0 bridgehead atoms. The minimum atomic E-state index is 0.650. The van der Waals surface area contributed by atoms with E-state index in [1.807, 2.05) is 30.5 Å². The lowest BCUT2D eigenvalue weighted by Crippen LogP contribution is -2.03. The standard InChI is InChI=1S/C13H14N2/c14-9-8-13-7-6-12(10-15-13)11-4-2-1-3-5-11/h1-7,10H,8-9,14H2. The van der Waals surface area contributed by atoms with Gasteiger partial charge in [-0.3, -0.25) is 4.98 Å². The van der Waals surface area contributed by atoms with Crippen molar-refractivity contribution in [2.45, 2.75) is 6.42 Å². The molecule has 0 aliphatic rings. The van der Waals surface area contributed by atoms with Gasteiger partial charge >= 0.3 is 0 Å². The van der Waals surface area contributed by atoms with Gasteiger partial charge < -0.3 is 5.73 Å². The molecule has 0 atom stereocenters. The Morgan fingerprint density at radius 1 is 0.933 bits per heavy atom. The topological polar surface area (TPSA) is 38.9 Å². The number of aromatic nitrogens is 1. The van der Waals surface area contributed by atoms with Crippen molar-refractivity contribution < 1.29 is 0 Å². The molecule has 0 amide bonds. The largest absolute Gasteiger partial charge is 0.330 e. The van der Waals surface area contributed by atoms with Crippen molar-refractivity contribution in [3.05, 3.63) is 54.4 Å². The molecule has 2 nitrogen and oxygen atoms in total. The van der Waals surface area contributed by atoms with Crippen LogP contribution in [0.15, 0.2) is 48.7 Å². The van der Waals surface area contributed by atoms with Crippen molar-refractivity contribution >= 4 is 0 Å². The zero-order valence-corrected chi connectivity index (χ0v) is 8.56. The van der Waals surface area contributed by atoms with Crippen LogP contribution in [0.5, 0.6) is 0 Å². The average Bonchev–Trinajstić information content (AvgIpc) is 2.32. The number of nitrogens with zero attached hydrogens (tertiary/aromatic N) is 1. The minimum absolute atomic E-state index is 0.650. The lowest BCUT2D eigenvalue weighted by molar-refractivity contribution is 0.924. The fourth-order valence-electron chi connectivity index (χ4n) is 1.52. The molecule has 1 heterocycles. The van der Waals surface area contributed by atoms with Crippen LogP contribution in [-0.4, -0.2) is 11.5 Å². The molecular weight excluding hydrogens is 184 g/mol. The van der Waals surface area contributed by atoms with E-state index in [1.54, 1.807) is 0 Å². The van der Waals surface area contributed by atoms with Gasteiger partial charge in [-0.2, -0.15) is 0 Å². The van der Waals surface area contributed by atoms with E-state index >= 15 is 0 Å². The summed E-state index contributed by atoms with van der Waals surface area (Å²) in [5.41, 5.74) is 8.87. The third-order valence-electron chi connectivity index (χ3n) is 2.33. The normalized spacial score (nSPS) is 10.2. The molecule has 2 heteroatoms. The summed E-state index contributed by atoms with van der Waals surface area (Å²) in [6.45, 7) is 0.650. The maximum absolute atomic E-state index is 5.47. The van der Waals surface area contributed by atoms with E-state index in [0.29, 0.717) is 6.54 Å². The number of hydrogen-bond acceptors (Lipinski definition) is 2. The Hall–Kier alpha value is -1.67. The Labute approximate surface area is 89.8 Å². The Kier molecular flexibility index (Phi) is 3.10. The zero-order chi connectivity index (χ0) is 10.5. The second-order valence-electron chi connectivity index (χ2n) is 3.44. The number of nitrogens with two attached hydrogens (primary N) is 1. The average molecular weight is 198 g/mol. The molecule has 2 rings (SSSR count). The molecule has 1 aromatic heterocycles. The van der Waals surface area contributed by atoms with Crippen molar-refractivity contribution in [2.24, 2.45) is 5.73 Å². The summed E-state index contributed by atoms with van der Waals surface area (Å²) in [4.78, 5) is 4.36. The van der Waals surface area contributed by atoms with Gasteiger partial charge in [0.25, 0.3) is 0 Å². The van der Waals surface area contributed by atoms with Gasteiger partial charge in [0.05, 0.1) is 0 Å². The molecule has 0 spiro atoms. The molecule has 0 aliphatic carbocycles. The Bertz CT molecular complexity index is 406. The first-order valence-electron chi connectivity index (χ1n) is 5.10. The predicted molar refractivity (Wildman–Crippen MR) is 62.4 cm³/mol. The summed E-state index contributed by atoms with van der Waals surface area (Å²) in [5, 5.41) is 0. The van der Waals surface area contributed by atoms with Gasteiger partial charge in [0.2, 0.25) is 0 Å². The number of pyridine rings is 1. The van der Waals surface area contributed by atoms with Crippen LogP contribution in [0, 0.1) is 0 Å². The highest BCUT2D eigenvalue weighted by Gasteiger charge is 1.97. The summed E-state index contributed by atoms with van der Waals surface area (Å²) in [5.74, 6) is 0. The fourth-order valence-corrected chi connectivity index (χ4v) is 1.52. The Morgan fingerprint density at radius 2 is 1.73 bits per heavy atom. The fraction of sp³-hybridized carbons (Fsp3) is 0.154. The highest BCUT2D eigenvalue weighted by Crippen LogP contribution is 2.17. The van der Waals surface area contributed by atoms with Crippen LogP contribution in [0.1, 0.15) is 5.69 Å². The van der Waals surface area contributed by atoms with E-state index < -0.39 is 0 Å². The van der Waals surface area contributed by atoms with Crippen LogP contribution >= 0.6 is 0 Å². The maximum atomic E-state index is 5.47. The molecular formula is C13H14N2. The molecule has 15 heavy (non-hydrogen) atoms. The van der Waals surface area contributed by atoms with Gasteiger partial charge in [0, 0.05) is 23.9 Å². The van der Waals surface area contributed by atoms with Crippen molar-refractivity contribution in [2.75, 3.05) is 6.54 Å². The van der Waals surface area contributed by atoms with E-state index in [4.69, 9.17) is 5.73 Å². The molecule has 0 saturated carbocycles. The second-order valence-corrected chi connectivity index (χ2v) is 3.44. The lowest BCUT2D eigenvalue weighted by Gasteiger charge is -2.02. The van der Waals surface area contributed by atoms with Crippen molar-refractivity contribution in [3.8, 4) is 11.1 Å². The molecule has 0 unspecified atom stereocenters. The first kappa shape index (κ1) is 9.87. The third-order valence-corrected chi connectivity index (χ3v) is 2.33. The Morgan fingerprint density at radius 3 is 2.33 bits per heavy atom. The van der Waals surface area contributed by atoms with Crippen molar-refractivity contribution in [3.63, 3.8) is 0 Å². The van der Waals surface area contributed by atoms with Crippen LogP contribution in [0.25, 0.3) is 11.1 Å².